The molecule has 0 saturated carbocycles. The van der Waals surface area contributed by atoms with Gasteiger partial charge in [-0.1, -0.05) is 44.2 Å². The van der Waals surface area contributed by atoms with Gasteiger partial charge in [-0.15, -0.1) is 0 Å². The molecule has 5 heteroatoms. The largest absolute Gasteiger partial charge is 0.397 e. The molecule has 138 valence electrons. The molecule has 2 N–H and O–H groups in total. The molecule has 0 aliphatic heterocycles. The summed E-state index contributed by atoms with van der Waals surface area (Å²) >= 11 is 0. The lowest BCUT2D eigenvalue weighted by molar-refractivity contribution is 0.188. The number of nitrogens with zero attached hydrogens (tertiary/aromatic N) is 2. The minimum atomic E-state index is -2.74. The highest BCUT2D eigenvalue weighted by Gasteiger charge is 2.11. The van der Waals surface area contributed by atoms with E-state index in [1.54, 1.807) is 6.20 Å². The Bertz CT molecular complexity index is 985. The second-order valence-corrected chi connectivity index (χ2v) is 6.57. The maximum Gasteiger partial charge on any atom is 0.277 e. The lowest BCUT2D eigenvalue weighted by Crippen LogP contribution is -2.11. The predicted octanol–water partition coefficient (Wildman–Crippen LogP) is 5.59. The van der Waals surface area contributed by atoms with Crippen LogP contribution in [0.25, 0.3) is 10.9 Å². The molecule has 2 aromatic carbocycles. The van der Waals surface area contributed by atoms with Crippen molar-refractivity contribution in [3.8, 4) is 0 Å². The third kappa shape index (κ3) is 4.37. The quantitative estimate of drug-likeness (QED) is 0.600. The maximum atomic E-state index is 13.0. The number of nitrogens with two attached hydrogens (primary N) is 1. The van der Waals surface area contributed by atoms with E-state index < -0.39 is 12.1 Å². The van der Waals surface area contributed by atoms with Crippen molar-refractivity contribution in [1.82, 2.24) is 4.98 Å². The molecule has 1 aromatic heterocycles. The molecule has 0 fully saturated rings. The minimum absolute atomic E-state index is 0.380. The van der Waals surface area contributed by atoms with Gasteiger partial charge in [-0.25, -0.2) is 13.8 Å². The van der Waals surface area contributed by atoms with Gasteiger partial charge in [-0.2, -0.15) is 0 Å². The second kappa shape index (κ2) is 8.08. The summed E-state index contributed by atoms with van der Waals surface area (Å²) in [5.41, 5.74) is 8.73. The van der Waals surface area contributed by atoms with Crippen LogP contribution in [0.2, 0.25) is 0 Å². The molecule has 0 saturated heterocycles. The highest BCUT2D eigenvalue weighted by molar-refractivity contribution is 6.11. The summed E-state index contributed by atoms with van der Waals surface area (Å²) in [5, 5.41) is 0.848. The van der Waals surface area contributed by atoms with Gasteiger partial charge in [0, 0.05) is 17.1 Å². The Hall–Kier alpha value is -3.08. The van der Waals surface area contributed by atoms with Crippen LogP contribution in [-0.4, -0.2) is 17.1 Å². The molecular formula is C22H21F2N3. The standard InChI is InChI=1S/C22H21F2N3/c1-14(2)15-8-10-16(11-9-15)21(13-18(25)22(23)24)27-20-7-3-6-19-17(20)5-4-12-26-19/h3-14,22H,25H2,1-2H3. The van der Waals surface area contributed by atoms with E-state index in [1.807, 2.05) is 54.6 Å². The molecule has 0 amide bonds. The van der Waals surface area contributed by atoms with Crippen LogP contribution in [0.15, 0.2) is 77.6 Å². The van der Waals surface area contributed by atoms with Crippen LogP contribution in [0.5, 0.6) is 0 Å². The second-order valence-electron chi connectivity index (χ2n) is 6.57. The summed E-state index contributed by atoms with van der Waals surface area (Å²) in [7, 11) is 0. The van der Waals surface area contributed by atoms with Crippen molar-refractivity contribution in [2.75, 3.05) is 0 Å². The highest BCUT2D eigenvalue weighted by atomic mass is 19.3. The molecule has 3 aromatic rings. The fourth-order valence-electron chi connectivity index (χ4n) is 2.75. The zero-order valence-corrected chi connectivity index (χ0v) is 15.2. The number of fused-ring (bicyclic) bond motifs is 1. The van der Waals surface area contributed by atoms with Crippen LogP contribution in [0, 0.1) is 0 Å². The predicted molar refractivity (Wildman–Crippen MR) is 107 cm³/mol. The summed E-state index contributed by atoms with van der Waals surface area (Å²) in [6.45, 7) is 4.20. The Morgan fingerprint density at radius 1 is 1.04 bits per heavy atom. The number of aliphatic imine (C=N–C) groups is 1. The topological polar surface area (TPSA) is 51.3 Å². The maximum absolute atomic E-state index is 13.0. The summed E-state index contributed by atoms with van der Waals surface area (Å²) in [4.78, 5) is 8.95. The van der Waals surface area contributed by atoms with E-state index >= 15 is 0 Å². The molecule has 0 aliphatic carbocycles. The van der Waals surface area contributed by atoms with Gasteiger partial charge in [-0.05, 0) is 41.8 Å². The van der Waals surface area contributed by atoms with Crippen molar-refractivity contribution < 1.29 is 8.78 Å². The molecule has 3 rings (SSSR count). The monoisotopic (exact) mass is 365 g/mol. The molecule has 0 spiro atoms. The van der Waals surface area contributed by atoms with Crippen LogP contribution in [0.3, 0.4) is 0 Å². The fraction of sp³-hybridized carbons (Fsp3) is 0.182. The normalized spacial score (nSPS) is 13.0. The number of aromatic nitrogens is 1. The zero-order valence-electron chi connectivity index (χ0n) is 15.2. The lowest BCUT2D eigenvalue weighted by atomic mass is 10.00. The van der Waals surface area contributed by atoms with Crippen LogP contribution in [0.4, 0.5) is 14.5 Å². The van der Waals surface area contributed by atoms with Crippen LogP contribution in [0.1, 0.15) is 30.9 Å². The van der Waals surface area contributed by atoms with E-state index in [0.29, 0.717) is 17.3 Å². The molecule has 27 heavy (non-hydrogen) atoms. The first kappa shape index (κ1) is 18.7. The first-order chi connectivity index (χ1) is 13.0. The molecule has 0 aliphatic rings. The number of hydrogen-bond donors (Lipinski definition) is 1. The first-order valence-electron chi connectivity index (χ1n) is 8.73. The number of hydrogen-bond acceptors (Lipinski definition) is 3. The highest BCUT2D eigenvalue weighted by Crippen LogP contribution is 2.26. The number of rotatable bonds is 5. The van der Waals surface area contributed by atoms with Gasteiger partial charge in [0.15, 0.2) is 0 Å². The Morgan fingerprint density at radius 3 is 2.44 bits per heavy atom. The van der Waals surface area contributed by atoms with E-state index in [2.05, 4.69) is 23.8 Å². The van der Waals surface area contributed by atoms with E-state index in [4.69, 9.17) is 5.73 Å². The SMILES string of the molecule is CC(C)c1ccc(C(C=C(N)C(F)F)=Nc2cccc3ncccc23)cc1. The Morgan fingerprint density at radius 2 is 1.78 bits per heavy atom. The summed E-state index contributed by atoms with van der Waals surface area (Å²) in [6.07, 6.45) is 0.208. The van der Waals surface area contributed by atoms with Crippen molar-refractivity contribution in [2.45, 2.75) is 26.2 Å². The van der Waals surface area contributed by atoms with Crippen molar-refractivity contribution in [1.29, 1.82) is 0 Å². The van der Waals surface area contributed by atoms with Gasteiger partial charge in [0.1, 0.15) is 0 Å². The van der Waals surface area contributed by atoms with E-state index in [9.17, 15) is 8.78 Å². The fourth-order valence-corrected chi connectivity index (χ4v) is 2.75. The smallest absolute Gasteiger partial charge is 0.277 e. The molecule has 0 bridgehead atoms. The Balaban J connectivity index is 2.14. The third-order valence-electron chi connectivity index (χ3n) is 4.29. The van der Waals surface area contributed by atoms with Crippen LogP contribution >= 0.6 is 0 Å². The lowest BCUT2D eigenvalue weighted by Gasteiger charge is -2.09. The Labute approximate surface area is 157 Å². The molecule has 3 nitrogen and oxygen atoms in total. The van der Waals surface area contributed by atoms with Crippen LogP contribution < -0.4 is 5.73 Å². The van der Waals surface area contributed by atoms with E-state index in [1.165, 1.54) is 11.6 Å². The van der Waals surface area contributed by atoms with Gasteiger partial charge in [-0.3, -0.25) is 4.98 Å². The van der Waals surface area contributed by atoms with Gasteiger partial charge in [0.25, 0.3) is 6.43 Å². The third-order valence-corrected chi connectivity index (χ3v) is 4.29. The number of pyridine rings is 1. The van der Waals surface area contributed by atoms with E-state index in [-0.39, 0.29) is 0 Å². The molecular weight excluding hydrogens is 344 g/mol. The van der Waals surface area contributed by atoms with E-state index in [0.717, 1.165) is 16.5 Å². The summed E-state index contributed by atoms with van der Waals surface area (Å²) < 4.78 is 26.0. The zero-order chi connectivity index (χ0) is 19.4. The number of halogens is 2. The van der Waals surface area contributed by atoms with Gasteiger partial charge < -0.3 is 5.73 Å². The first-order valence-corrected chi connectivity index (χ1v) is 8.73. The number of benzene rings is 2. The van der Waals surface area contributed by atoms with Crippen molar-refractivity contribution in [2.24, 2.45) is 10.7 Å². The van der Waals surface area contributed by atoms with Crippen LogP contribution in [-0.2, 0) is 0 Å². The molecule has 0 radical (unpaired) electrons. The molecule has 0 atom stereocenters. The van der Waals surface area contributed by atoms with Gasteiger partial charge >= 0.3 is 0 Å². The number of alkyl halides is 2. The van der Waals surface area contributed by atoms with Gasteiger partial charge in [0.05, 0.1) is 22.6 Å². The average molecular weight is 365 g/mol. The molecule has 1 heterocycles. The van der Waals surface area contributed by atoms with Crippen molar-refractivity contribution >= 4 is 22.3 Å². The molecule has 0 unspecified atom stereocenters. The van der Waals surface area contributed by atoms with Crippen molar-refractivity contribution in [3.05, 3.63) is 83.7 Å². The summed E-state index contributed by atoms with van der Waals surface area (Å²) in [5.74, 6) is 0.380. The van der Waals surface area contributed by atoms with Crippen molar-refractivity contribution in [3.63, 3.8) is 0 Å². The van der Waals surface area contributed by atoms with Gasteiger partial charge in [0.2, 0.25) is 0 Å². The minimum Gasteiger partial charge on any atom is -0.397 e. The number of allylic oxidation sites excluding steroid dienone is 2. The summed E-state index contributed by atoms with van der Waals surface area (Å²) in [6, 6.07) is 17.0. The Kier molecular flexibility index (Phi) is 5.60. The average Bonchev–Trinajstić information content (AvgIpc) is 2.67.